The van der Waals surface area contributed by atoms with Gasteiger partial charge in [0, 0.05) is 19.7 Å². The number of carbonyl (C=O) groups excluding carboxylic acids is 1. The van der Waals surface area contributed by atoms with Crippen molar-refractivity contribution in [1.29, 1.82) is 0 Å². The number of hydrogen-bond donors (Lipinski definition) is 1. The molecule has 0 aromatic heterocycles. The van der Waals surface area contributed by atoms with Crippen molar-refractivity contribution >= 4 is 5.97 Å². The molecule has 0 radical (unpaired) electrons. The fraction of sp³-hybridized carbons (Fsp3) is 0.632. The molecule has 0 aliphatic heterocycles. The van der Waals surface area contributed by atoms with E-state index < -0.39 is 6.10 Å². The van der Waals surface area contributed by atoms with Gasteiger partial charge in [-0.05, 0) is 17.9 Å². The highest BCUT2D eigenvalue weighted by Gasteiger charge is 2.31. The molecule has 4 nitrogen and oxygen atoms in total. The lowest BCUT2D eigenvalue weighted by Gasteiger charge is -2.30. The molecule has 1 aromatic carbocycles. The van der Waals surface area contributed by atoms with Gasteiger partial charge < -0.3 is 14.8 Å². The first kappa shape index (κ1) is 18.0. The summed E-state index contributed by atoms with van der Waals surface area (Å²) in [6, 6.07) is 10.2. The fourth-order valence-electron chi connectivity index (χ4n) is 3.48. The first-order chi connectivity index (χ1) is 11.2. The second kappa shape index (κ2) is 9.68. The van der Waals surface area contributed by atoms with Gasteiger partial charge in [0.25, 0.3) is 0 Å². The third-order valence-electron chi connectivity index (χ3n) is 4.78. The van der Waals surface area contributed by atoms with Crippen LogP contribution in [0, 0.1) is 5.92 Å². The highest BCUT2D eigenvalue weighted by Crippen LogP contribution is 2.28. The van der Waals surface area contributed by atoms with E-state index in [2.05, 4.69) is 17.4 Å². The van der Waals surface area contributed by atoms with Crippen LogP contribution in [0.4, 0.5) is 0 Å². The van der Waals surface area contributed by atoms with E-state index in [9.17, 15) is 4.79 Å². The summed E-state index contributed by atoms with van der Waals surface area (Å²) in [7, 11) is 3.00. The number of rotatable bonds is 8. The van der Waals surface area contributed by atoms with Crippen LogP contribution in [-0.2, 0) is 20.8 Å². The molecule has 0 bridgehead atoms. The van der Waals surface area contributed by atoms with Gasteiger partial charge in [0.1, 0.15) is 0 Å². The van der Waals surface area contributed by atoms with Gasteiger partial charge in [0.15, 0.2) is 6.10 Å². The second-order valence-corrected chi connectivity index (χ2v) is 6.39. The zero-order valence-corrected chi connectivity index (χ0v) is 14.3. The number of ether oxygens (including phenoxy) is 2. The molecule has 1 fully saturated rings. The first-order valence-corrected chi connectivity index (χ1v) is 8.62. The van der Waals surface area contributed by atoms with Gasteiger partial charge in [0.05, 0.1) is 7.11 Å². The molecule has 0 unspecified atom stereocenters. The molecule has 23 heavy (non-hydrogen) atoms. The molecule has 0 amide bonds. The maximum Gasteiger partial charge on any atom is 0.336 e. The van der Waals surface area contributed by atoms with Crippen molar-refractivity contribution in [3.63, 3.8) is 0 Å². The lowest BCUT2D eigenvalue weighted by atomic mass is 9.83. The van der Waals surface area contributed by atoms with Gasteiger partial charge in [0.2, 0.25) is 0 Å². The minimum Gasteiger partial charge on any atom is -0.467 e. The van der Waals surface area contributed by atoms with Crippen LogP contribution in [0.15, 0.2) is 30.3 Å². The second-order valence-electron chi connectivity index (χ2n) is 6.39. The van der Waals surface area contributed by atoms with Gasteiger partial charge >= 0.3 is 5.97 Å². The normalized spacial score (nSPS) is 18.3. The Morgan fingerprint density at radius 3 is 2.48 bits per heavy atom. The van der Waals surface area contributed by atoms with Gasteiger partial charge in [-0.3, -0.25) is 0 Å². The zero-order chi connectivity index (χ0) is 16.5. The molecule has 128 valence electrons. The molecule has 1 N–H and O–H groups in total. The van der Waals surface area contributed by atoms with Crippen molar-refractivity contribution in [2.24, 2.45) is 5.92 Å². The molecule has 1 saturated carbocycles. The maximum absolute atomic E-state index is 12.1. The van der Waals surface area contributed by atoms with Crippen molar-refractivity contribution in [3.05, 3.63) is 35.9 Å². The van der Waals surface area contributed by atoms with E-state index in [0.717, 1.165) is 13.0 Å². The number of benzene rings is 1. The molecular weight excluding hydrogens is 290 g/mol. The summed E-state index contributed by atoms with van der Waals surface area (Å²) < 4.78 is 10.4. The van der Waals surface area contributed by atoms with Crippen LogP contribution in [0.5, 0.6) is 0 Å². The Labute approximate surface area is 139 Å². The van der Waals surface area contributed by atoms with Gasteiger partial charge in [-0.15, -0.1) is 0 Å². The van der Waals surface area contributed by atoms with Crippen molar-refractivity contribution in [1.82, 2.24) is 5.32 Å². The van der Waals surface area contributed by atoms with Crippen molar-refractivity contribution in [2.45, 2.75) is 57.2 Å². The summed E-state index contributed by atoms with van der Waals surface area (Å²) in [4.78, 5) is 12.1. The van der Waals surface area contributed by atoms with Crippen LogP contribution in [0.25, 0.3) is 0 Å². The first-order valence-electron chi connectivity index (χ1n) is 8.62. The van der Waals surface area contributed by atoms with E-state index in [0.29, 0.717) is 5.92 Å². The van der Waals surface area contributed by atoms with E-state index in [-0.39, 0.29) is 12.0 Å². The molecule has 1 aromatic rings. The Morgan fingerprint density at radius 2 is 1.87 bits per heavy atom. The van der Waals surface area contributed by atoms with E-state index in [1.165, 1.54) is 44.8 Å². The summed E-state index contributed by atoms with van der Waals surface area (Å²) in [6.07, 6.45) is 6.84. The largest absolute Gasteiger partial charge is 0.467 e. The molecule has 2 atom stereocenters. The molecule has 2 rings (SSSR count). The minimum atomic E-state index is -0.550. The molecule has 4 heteroatoms. The smallest absolute Gasteiger partial charge is 0.336 e. The molecular formula is C19H29NO3. The summed E-state index contributed by atoms with van der Waals surface area (Å²) in [6.45, 7) is 0.731. The summed E-state index contributed by atoms with van der Waals surface area (Å²) in [5.74, 6) is 0.369. The van der Waals surface area contributed by atoms with E-state index in [1.807, 2.05) is 18.2 Å². The van der Waals surface area contributed by atoms with E-state index in [4.69, 9.17) is 9.47 Å². The third-order valence-corrected chi connectivity index (χ3v) is 4.78. The van der Waals surface area contributed by atoms with Crippen LogP contribution >= 0.6 is 0 Å². The van der Waals surface area contributed by atoms with E-state index >= 15 is 0 Å². The predicted octanol–water partition coefficient (Wildman–Crippen LogP) is 3.30. The topological polar surface area (TPSA) is 47.6 Å². The Hall–Kier alpha value is -1.39. The highest BCUT2D eigenvalue weighted by molar-refractivity contribution is 5.75. The third kappa shape index (κ3) is 5.63. The van der Waals surface area contributed by atoms with Crippen LogP contribution < -0.4 is 5.32 Å². The van der Waals surface area contributed by atoms with Crippen molar-refractivity contribution < 1.29 is 14.3 Å². The monoisotopic (exact) mass is 319 g/mol. The Bertz CT molecular complexity index is 457. The molecule has 0 saturated heterocycles. The van der Waals surface area contributed by atoms with Crippen LogP contribution in [0.3, 0.4) is 0 Å². The standard InChI is InChI=1S/C19H29NO3/c1-22-18(19(21)23-2)17(13-15-9-5-3-6-10-15)20-14-16-11-7-4-8-12-16/h4,7-8,11-12,15,17-18,20H,3,5-6,9-10,13-14H2,1-2H3/t17-,18-/m0/s1. The average Bonchev–Trinajstić information content (AvgIpc) is 2.61. The average molecular weight is 319 g/mol. The molecule has 0 heterocycles. The van der Waals surface area contributed by atoms with Crippen LogP contribution in [0.2, 0.25) is 0 Å². The minimum absolute atomic E-state index is 0.0178. The van der Waals surface area contributed by atoms with Gasteiger partial charge in [-0.2, -0.15) is 0 Å². The Kier molecular flexibility index (Phi) is 7.56. The SMILES string of the molecule is COC(=O)[C@@H](OC)[C@H](CC1CCCCC1)NCc1ccccc1. The number of methoxy groups -OCH3 is 2. The summed E-state index contributed by atoms with van der Waals surface area (Å²) >= 11 is 0. The maximum atomic E-state index is 12.1. The van der Waals surface area contributed by atoms with Crippen LogP contribution in [-0.4, -0.2) is 32.3 Å². The highest BCUT2D eigenvalue weighted by atomic mass is 16.6. The molecule has 1 aliphatic carbocycles. The number of esters is 1. The Balaban J connectivity index is 2.01. The van der Waals surface area contributed by atoms with Crippen molar-refractivity contribution in [2.75, 3.05) is 14.2 Å². The zero-order valence-electron chi connectivity index (χ0n) is 14.3. The lowest BCUT2D eigenvalue weighted by Crippen LogP contribution is -2.47. The summed E-state index contributed by atoms with van der Waals surface area (Å²) in [5.41, 5.74) is 1.21. The Morgan fingerprint density at radius 1 is 1.17 bits per heavy atom. The van der Waals surface area contributed by atoms with Crippen LogP contribution in [0.1, 0.15) is 44.1 Å². The quantitative estimate of drug-likeness (QED) is 0.747. The lowest BCUT2D eigenvalue weighted by molar-refractivity contribution is -0.154. The summed E-state index contributed by atoms with van der Waals surface area (Å²) in [5, 5.41) is 3.52. The predicted molar refractivity (Wildman–Crippen MR) is 91.1 cm³/mol. The van der Waals surface area contributed by atoms with Crippen molar-refractivity contribution in [3.8, 4) is 0 Å². The van der Waals surface area contributed by atoms with Gasteiger partial charge in [-0.1, -0.05) is 62.4 Å². The van der Waals surface area contributed by atoms with E-state index in [1.54, 1.807) is 7.11 Å². The van der Waals surface area contributed by atoms with Gasteiger partial charge in [-0.25, -0.2) is 4.79 Å². The number of hydrogen-bond acceptors (Lipinski definition) is 4. The molecule has 1 aliphatic rings. The number of nitrogens with one attached hydrogen (secondary N) is 1. The number of carbonyl (C=O) groups is 1. The molecule has 0 spiro atoms. The fourth-order valence-corrected chi connectivity index (χ4v) is 3.48.